The molecule has 0 radical (unpaired) electrons. The van der Waals surface area contributed by atoms with E-state index in [4.69, 9.17) is 0 Å². The van der Waals surface area contributed by atoms with Gasteiger partial charge in [-0.3, -0.25) is 4.79 Å². The van der Waals surface area contributed by atoms with Crippen LogP contribution in [-0.2, 0) is 0 Å². The Hall–Kier alpha value is -2.01. The first kappa shape index (κ1) is 13.4. The topological polar surface area (TPSA) is 29.1 Å². The molecule has 1 aliphatic heterocycles. The maximum absolute atomic E-state index is 12.2. The number of fused-ring (bicyclic) bond motifs is 1. The van der Waals surface area contributed by atoms with E-state index >= 15 is 0 Å². The molecule has 1 aliphatic rings. The first-order valence-corrected chi connectivity index (χ1v) is 6.71. The van der Waals surface area contributed by atoms with Gasteiger partial charge in [0.2, 0.25) is 0 Å². The molecular weight excluding hydrogens is 234 g/mol. The minimum atomic E-state index is 0.0162. The smallest absolute Gasteiger partial charge is 0.252 e. The number of amides is 1. The quantitative estimate of drug-likeness (QED) is 0.805. The molecule has 0 saturated heterocycles. The molecule has 2 heteroatoms. The highest BCUT2D eigenvalue weighted by molar-refractivity contribution is 6.04. The minimum Gasteiger partial charge on any atom is -0.345 e. The SMILES string of the molecule is CC#C/C=C1\c2ccccc2C(=O)NC1C(C)CC. The van der Waals surface area contributed by atoms with E-state index in [1.165, 1.54) is 0 Å². The second kappa shape index (κ2) is 5.75. The van der Waals surface area contributed by atoms with Gasteiger partial charge in [-0.1, -0.05) is 44.4 Å². The summed E-state index contributed by atoms with van der Waals surface area (Å²) in [7, 11) is 0. The summed E-state index contributed by atoms with van der Waals surface area (Å²) in [6.45, 7) is 6.12. The molecule has 2 unspecified atom stereocenters. The third-order valence-corrected chi connectivity index (χ3v) is 3.69. The molecule has 1 amide bonds. The first-order valence-electron chi connectivity index (χ1n) is 6.71. The Labute approximate surface area is 114 Å². The maximum atomic E-state index is 12.2. The highest BCUT2D eigenvalue weighted by Gasteiger charge is 2.30. The first-order chi connectivity index (χ1) is 9.19. The molecule has 1 heterocycles. The summed E-state index contributed by atoms with van der Waals surface area (Å²) in [6.07, 6.45) is 2.96. The van der Waals surface area contributed by atoms with E-state index in [1.54, 1.807) is 0 Å². The number of nitrogens with one attached hydrogen (secondary N) is 1. The van der Waals surface area contributed by atoms with Crippen molar-refractivity contribution in [2.24, 2.45) is 5.92 Å². The lowest BCUT2D eigenvalue weighted by Gasteiger charge is -2.32. The van der Waals surface area contributed by atoms with Gasteiger partial charge < -0.3 is 5.32 Å². The number of carbonyl (C=O) groups is 1. The molecule has 0 fully saturated rings. The zero-order valence-electron chi connectivity index (χ0n) is 11.7. The molecule has 1 N–H and O–H groups in total. The fourth-order valence-electron chi connectivity index (χ4n) is 2.40. The fraction of sp³-hybridized carbons (Fsp3) is 0.353. The molecule has 2 rings (SSSR count). The van der Waals surface area contributed by atoms with Crippen LogP contribution in [-0.4, -0.2) is 11.9 Å². The van der Waals surface area contributed by atoms with E-state index in [9.17, 15) is 4.79 Å². The Morgan fingerprint density at radius 2 is 2.05 bits per heavy atom. The van der Waals surface area contributed by atoms with Crippen molar-refractivity contribution in [3.63, 3.8) is 0 Å². The highest BCUT2D eigenvalue weighted by Crippen LogP contribution is 2.31. The van der Waals surface area contributed by atoms with Gasteiger partial charge in [0.1, 0.15) is 0 Å². The monoisotopic (exact) mass is 253 g/mol. The van der Waals surface area contributed by atoms with Gasteiger partial charge in [0, 0.05) is 5.56 Å². The average Bonchev–Trinajstić information content (AvgIpc) is 2.45. The Bertz CT molecular complexity index is 574. The van der Waals surface area contributed by atoms with Crippen LogP contribution < -0.4 is 5.32 Å². The Morgan fingerprint density at radius 3 is 2.68 bits per heavy atom. The van der Waals surface area contributed by atoms with E-state index in [1.807, 2.05) is 37.3 Å². The third-order valence-electron chi connectivity index (χ3n) is 3.69. The van der Waals surface area contributed by atoms with Crippen LogP contribution in [0.5, 0.6) is 0 Å². The van der Waals surface area contributed by atoms with Gasteiger partial charge in [0.05, 0.1) is 6.04 Å². The molecular formula is C17H19NO. The Balaban J connectivity index is 2.55. The van der Waals surface area contributed by atoms with Crippen molar-refractivity contribution in [3.8, 4) is 11.8 Å². The van der Waals surface area contributed by atoms with Crippen molar-refractivity contribution in [1.82, 2.24) is 5.32 Å². The van der Waals surface area contributed by atoms with E-state index < -0.39 is 0 Å². The predicted molar refractivity (Wildman–Crippen MR) is 78.6 cm³/mol. The number of benzene rings is 1. The van der Waals surface area contributed by atoms with Crippen molar-refractivity contribution in [3.05, 3.63) is 41.5 Å². The predicted octanol–water partition coefficient (Wildman–Crippen LogP) is 3.25. The van der Waals surface area contributed by atoms with Crippen molar-refractivity contribution >= 4 is 11.5 Å². The van der Waals surface area contributed by atoms with E-state index in [0.717, 1.165) is 23.1 Å². The molecule has 98 valence electrons. The number of hydrogen-bond donors (Lipinski definition) is 1. The number of hydrogen-bond acceptors (Lipinski definition) is 1. The summed E-state index contributed by atoms with van der Waals surface area (Å²) in [5.41, 5.74) is 2.88. The van der Waals surface area contributed by atoms with E-state index in [-0.39, 0.29) is 11.9 Å². The van der Waals surface area contributed by atoms with Gasteiger partial charge in [0.25, 0.3) is 5.91 Å². The van der Waals surface area contributed by atoms with Crippen LogP contribution >= 0.6 is 0 Å². The molecule has 0 bridgehead atoms. The third kappa shape index (κ3) is 2.56. The lowest BCUT2D eigenvalue weighted by Crippen LogP contribution is -2.44. The zero-order chi connectivity index (χ0) is 13.8. The fourth-order valence-corrected chi connectivity index (χ4v) is 2.40. The van der Waals surface area contributed by atoms with Gasteiger partial charge in [-0.05, 0) is 36.1 Å². The van der Waals surface area contributed by atoms with Crippen LogP contribution in [0, 0.1) is 17.8 Å². The second-order valence-corrected chi connectivity index (χ2v) is 4.88. The summed E-state index contributed by atoms with van der Waals surface area (Å²) < 4.78 is 0. The molecule has 0 aromatic heterocycles. The zero-order valence-corrected chi connectivity index (χ0v) is 11.7. The summed E-state index contributed by atoms with van der Waals surface area (Å²) in [5, 5.41) is 3.11. The minimum absolute atomic E-state index is 0.0162. The Kier molecular flexibility index (Phi) is 4.06. The van der Waals surface area contributed by atoms with Gasteiger partial charge in [-0.15, -0.1) is 5.92 Å². The van der Waals surface area contributed by atoms with Crippen LogP contribution in [0.1, 0.15) is 43.1 Å². The number of carbonyl (C=O) groups excluding carboxylic acids is 1. The van der Waals surface area contributed by atoms with Crippen LogP contribution in [0.2, 0.25) is 0 Å². The number of allylic oxidation sites excluding steroid dienone is 1. The van der Waals surface area contributed by atoms with Gasteiger partial charge >= 0.3 is 0 Å². The van der Waals surface area contributed by atoms with E-state index in [2.05, 4.69) is 31.0 Å². The van der Waals surface area contributed by atoms with Crippen LogP contribution in [0.4, 0.5) is 0 Å². The van der Waals surface area contributed by atoms with Crippen molar-refractivity contribution in [2.45, 2.75) is 33.2 Å². The van der Waals surface area contributed by atoms with E-state index in [0.29, 0.717) is 5.92 Å². The van der Waals surface area contributed by atoms with Crippen LogP contribution in [0.25, 0.3) is 5.57 Å². The summed E-state index contributed by atoms with van der Waals surface area (Å²) >= 11 is 0. The molecule has 1 aromatic carbocycles. The molecule has 19 heavy (non-hydrogen) atoms. The Morgan fingerprint density at radius 1 is 1.37 bits per heavy atom. The average molecular weight is 253 g/mol. The molecule has 1 aromatic rings. The molecule has 2 atom stereocenters. The van der Waals surface area contributed by atoms with Crippen molar-refractivity contribution in [2.75, 3.05) is 0 Å². The van der Waals surface area contributed by atoms with Crippen LogP contribution in [0.3, 0.4) is 0 Å². The standard InChI is InChI=1S/C17H19NO/c1-4-6-9-14-13-10-7-8-11-15(13)17(19)18-16(14)12(3)5-2/h7-12,16H,5H2,1-3H3,(H,18,19)/b14-9+. The van der Waals surface area contributed by atoms with Gasteiger partial charge in [-0.25, -0.2) is 0 Å². The van der Waals surface area contributed by atoms with Gasteiger partial charge in [0.15, 0.2) is 0 Å². The summed E-state index contributed by atoms with van der Waals surface area (Å²) in [4.78, 5) is 12.2. The number of rotatable bonds is 2. The lowest BCUT2D eigenvalue weighted by molar-refractivity contribution is 0.0930. The summed E-state index contributed by atoms with van der Waals surface area (Å²) in [6, 6.07) is 7.79. The molecule has 0 aliphatic carbocycles. The maximum Gasteiger partial charge on any atom is 0.252 e. The lowest BCUT2D eigenvalue weighted by atomic mass is 9.83. The van der Waals surface area contributed by atoms with Crippen LogP contribution in [0.15, 0.2) is 30.3 Å². The molecule has 0 saturated carbocycles. The second-order valence-electron chi connectivity index (χ2n) is 4.88. The highest BCUT2D eigenvalue weighted by atomic mass is 16.1. The summed E-state index contributed by atoms with van der Waals surface area (Å²) in [5.74, 6) is 6.32. The molecule has 0 spiro atoms. The van der Waals surface area contributed by atoms with Gasteiger partial charge in [-0.2, -0.15) is 0 Å². The van der Waals surface area contributed by atoms with Crippen molar-refractivity contribution in [1.29, 1.82) is 0 Å². The largest absolute Gasteiger partial charge is 0.345 e. The van der Waals surface area contributed by atoms with Crippen molar-refractivity contribution < 1.29 is 4.79 Å². The normalized spacial score (nSPS) is 21.1. The molecule has 2 nitrogen and oxygen atoms in total.